The molecule has 1 aliphatic heterocycles. The van der Waals surface area contributed by atoms with Gasteiger partial charge in [0.25, 0.3) is 5.91 Å². The van der Waals surface area contributed by atoms with E-state index in [1.807, 2.05) is 48.7 Å². The van der Waals surface area contributed by atoms with Gasteiger partial charge in [-0.3, -0.25) is 19.4 Å². The van der Waals surface area contributed by atoms with Gasteiger partial charge in [0.05, 0.1) is 51.0 Å². The maximum absolute atomic E-state index is 13.8. The normalized spacial score (nSPS) is 14.7. The number of carbonyl (C=O) groups excluding carboxylic acids is 1. The van der Waals surface area contributed by atoms with Crippen molar-refractivity contribution in [1.29, 1.82) is 0 Å². The summed E-state index contributed by atoms with van der Waals surface area (Å²) < 4.78 is 46.1. The number of hydrogen-bond donors (Lipinski definition) is 4. The molecule has 1 saturated heterocycles. The standard InChI is InChI=1S/C26H29ClF3IN8O/c1-14-4-5-16(7-23(14)39(33)13-22(36-31)20-9-34-37(3)15(20)2)25(40)35-19-6-17(10-38-11-18(32)12-38)24(27)21(8-19)26(28,29)30/h4-9,13,18,36H,10-12,32-33H2,1-3H3,(H,35,40)/b22-13-. The summed E-state index contributed by atoms with van der Waals surface area (Å²) in [6.07, 6.45) is -1.31. The Morgan fingerprint density at radius 1 is 1.27 bits per heavy atom. The number of benzene rings is 2. The fourth-order valence-electron chi connectivity index (χ4n) is 4.41. The van der Waals surface area contributed by atoms with Crippen LogP contribution < -0.4 is 25.4 Å². The van der Waals surface area contributed by atoms with E-state index in [0.29, 0.717) is 24.5 Å². The van der Waals surface area contributed by atoms with E-state index in [4.69, 9.17) is 23.2 Å². The Kier molecular flexibility index (Phi) is 8.99. The first-order valence-corrected chi connectivity index (χ1v) is 13.6. The van der Waals surface area contributed by atoms with Crippen LogP contribution in [0.4, 0.5) is 24.5 Å². The van der Waals surface area contributed by atoms with Crippen LogP contribution >= 0.6 is 34.5 Å². The molecule has 0 bridgehead atoms. The van der Waals surface area contributed by atoms with Crippen LogP contribution in [0.15, 0.2) is 42.7 Å². The molecule has 2 heterocycles. The van der Waals surface area contributed by atoms with E-state index in [9.17, 15) is 18.0 Å². The van der Waals surface area contributed by atoms with Crippen molar-refractivity contribution in [2.24, 2.45) is 18.6 Å². The molecule has 0 unspecified atom stereocenters. The number of likely N-dealkylation sites (tertiary alicyclic amines) is 1. The number of amides is 1. The highest BCUT2D eigenvalue weighted by Gasteiger charge is 2.35. The van der Waals surface area contributed by atoms with Gasteiger partial charge >= 0.3 is 6.18 Å². The lowest BCUT2D eigenvalue weighted by Crippen LogP contribution is -2.54. The summed E-state index contributed by atoms with van der Waals surface area (Å²) in [6.45, 7) is 5.05. The minimum atomic E-state index is -4.70. The Labute approximate surface area is 248 Å². The second kappa shape index (κ2) is 11.9. The number of carbonyl (C=O) groups is 1. The van der Waals surface area contributed by atoms with Gasteiger partial charge in [-0.2, -0.15) is 18.3 Å². The van der Waals surface area contributed by atoms with Gasteiger partial charge < -0.3 is 14.6 Å². The number of nitrogens with one attached hydrogen (secondary N) is 2. The zero-order valence-electron chi connectivity index (χ0n) is 22.0. The summed E-state index contributed by atoms with van der Waals surface area (Å²) in [7, 11) is 1.83. The fourth-order valence-corrected chi connectivity index (χ4v) is 5.11. The van der Waals surface area contributed by atoms with Crippen LogP contribution in [0.5, 0.6) is 0 Å². The molecule has 40 heavy (non-hydrogen) atoms. The molecule has 1 fully saturated rings. The number of anilines is 2. The lowest BCUT2D eigenvalue weighted by atomic mass is 10.0. The smallest absolute Gasteiger partial charge is 0.326 e. The Morgan fingerprint density at radius 3 is 2.55 bits per heavy atom. The molecule has 0 radical (unpaired) electrons. The Morgan fingerprint density at radius 2 is 1.98 bits per heavy atom. The number of aryl methyl sites for hydroxylation is 2. The number of aromatic nitrogens is 2. The van der Waals surface area contributed by atoms with Crippen LogP contribution in [0.25, 0.3) is 5.70 Å². The van der Waals surface area contributed by atoms with E-state index in [0.717, 1.165) is 22.9 Å². The SMILES string of the molecule is Cc1ccc(C(=O)Nc2cc(CN3CC(N)C3)c(Cl)c(C(F)(F)F)c2)cc1N(N)/C=C(\NI)c1cnn(C)c1C. The average Bonchev–Trinajstić information content (AvgIpc) is 3.20. The van der Waals surface area contributed by atoms with Crippen LogP contribution in [-0.2, 0) is 19.8 Å². The molecule has 1 aromatic heterocycles. The van der Waals surface area contributed by atoms with E-state index in [1.54, 1.807) is 35.3 Å². The number of hydrogen-bond acceptors (Lipinski definition) is 7. The molecule has 0 saturated carbocycles. The molecule has 6 N–H and O–H groups in total. The Hall–Kier alpha value is -2.85. The number of rotatable bonds is 8. The second-order valence-electron chi connectivity index (χ2n) is 9.72. The molecule has 9 nitrogen and oxygen atoms in total. The summed E-state index contributed by atoms with van der Waals surface area (Å²) in [4.78, 5) is 15.1. The van der Waals surface area contributed by atoms with Crippen molar-refractivity contribution in [2.45, 2.75) is 32.6 Å². The fraction of sp³-hybridized carbons (Fsp3) is 0.308. The number of halogens is 5. The zero-order valence-corrected chi connectivity index (χ0v) is 24.9. The number of nitrogens with two attached hydrogens (primary N) is 2. The number of hydrazine groups is 1. The molecule has 4 rings (SSSR count). The van der Waals surface area contributed by atoms with Gasteiger partial charge in [-0.25, -0.2) is 5.84 Å². The minimum Gasteiger partial charge on any atom is -0.326 e. The summed E-state index contributed by atoms with van der Waals surface area (Å²) in [6, 6.07) is 7.15. The van der Waals surface area contributed by atoms with E-state index in [1.165, 1.54) is 11.1 Å². The quantitative estimate of drug-likeness (QED) is 0.117. The van der Waals surface area contributed by atoms with Crippen molar-refractivity contribution >= 4 is 57.4 Å². The molecular formula is C26H29ClF3IN8O. The summed E-state index contributed by atoms with van der Waals surface area (Å²) in [5.74, 6) is 5.77. The summed E-state index contributed by atoms with van der Waals surface area (Å²) in [5.41, 5.74) is 9.01. The van der Waals surface area contributed by atoms with Crippen LogP contribution in [0.2, 0.25) is 5.02 Å². The van der Waals surface area contributed by atoms with Crippen molar-refractivity contribution in [3.05, 3.63) is 81.3 Å². The highest BCUT2D eigenvalue weighted by molar-refractivity contribution is 14.1. The maximum atomic E-state index is 13.8. The van der Waals surface area contributed by atoms with Crippen LogP contribution in [-0.4, -0.2) is 39.7 Å². The van der Waals surface area contributed by atoms with Crippen molar-refractivity contribution in [3.8, 4) is 0 Å². The third-order valence-electron chi connectivity index (χ3n) is 6.74. The Bertz CT molecular complexity index is 1450. The number of nitrogens with zero attached hydrogens (tertiary/aromatic N) is 4. The second-order valence-corrected chi connectivity index (χ2v) is 10.6. The van der Waals surface area contributed by atoms with Gasteiger partial charge in [0.2, 0.25) is 0 Å². The molecule has 0 atom stereocenters. The first-order valence-electron chi connectivity index (χ1n) is 12.2. The van der Waals surface area contributed by atoms with Gasteiger partial charge in [-0.1, -0.05) is 17.7 Å². The van der Waals surface area contributed by atoms with Gasteiger partial charge in [0.1, 0.15) is 0 Å². The maximum Gasteiger partial charge on any atom is 0.417 e. The van der Waals surface area contributed by atoms with Crippen molar-refractivity contribution in [1.82, 2.24) is 18.2 Å². The minimum absolute atomic E-state index is 0.0170. The van der Waals surface area contributed by atoms with Crippen molar-refractivity contribution < 1.29 is 18.0 Å². The van der Waals surface area contributed by atoms with E-state index < -0.39 is 22.7 Å². The average molecular weight is 689 g/mol. The molecule has 0 spiro atoms. The molecule has 0 aliphatic carbocycles. The molecule has 2 aromatic carbocycles. The van der Waals surface area contributed by atoms with E-state index in [2.05, 4.69) is 13.9 Å². The van der Waals surface area contributed by atoms with Gasteiger partial charge in [0, 0.05) is 61.4 Å². The molecule has 1 amide bonds. The van der Waals surface area contributed by atoms with Crippen molar-refractivity contribution in [3.63, 3.8) is 0 Å². The van der Waals surface area contributed by atoms with E-state index >= 15 is 0 Å². The highest BCUT2D eigenvalue weighted by Crippen LogP contribution is 2.39. The highest BCUT2D eigenvalue weighted by atomic mass is 127. The molecular weight excluding hydrogens is 660 g/mol. The van der Waals surface area contributed by atoms with Crippen LogP contribution in [0.1, 0.15) is 38.3 Å². The summed E-state index contributed by atoms with van der Waals surface area (Å²) in [5, 5.41) is 7.83. The summed E-state index contributed by atoms with van der Waals surface area (Å²) >= 11 is 8.13. The van der Waals surface area contributed by atoms with Gasteiger partial charge in [-0.15, -0.1) is 0 Å². The third kappa shape index (κ3) is 6.54. The predicted octanol–water partition coefficient (Wildman–Crippen LogP) is 4.72. The van der Waals surface area contributed by atoms with Crippen molar-refractivity contribution in [2.75, 3.05) is 23.4 Å². The molecule has 14 heteroatoms. The lowest BCUT2D eigenvalue weighted by Gasteiger charge is -2.37. The largest absolute Gasteiger partial charge is 0.417 e. The topological polar surface area (TPSA) is 117 Å². The lowest BCUT2D eigenvalue weighted by molar-refractivity contribution is -0.137. The van der Waals surface area contributed by atoms with Gasteiger partial charge in [-0.05, 0) is 49.2 Å². The Balaban J connectivity index is 1.61. The van der Waals surface area contributed by atoms with Gasteiger partial charge in [0.15, 0.2) is 0 Å². The molecule has 214 valence electrons. The first-order chi connectivity index (χ1) is 18.8. The molecule has 3 aromatic rings. The first kappa shape index (κ1) is 30.1. The monoisotopic (exact) mass is 688 g/mol. The van der Waals surface area contributed by atoms with Crippen LogP contribution in [0.3, 0.4) is 0 Å². The predicted molar refractivity (Wildman–Crippen MR) is 159 cm³/mol. The molecule has 1 aliphatic rings. The van der Waals surface area contributed by atoms with Crippen LogP contribution in [0, 0.1) is 13.8 Å². The number of alkyl halides is 3. The van der Waals surface area contributed by atoms with E-state index in [-0.39, 0.29) is 29.4 Å². The third-order valence-corrected chi connectivity index (χ3v) is 7.76. The zero-order chi connectivity index (χ0) is 29.4.